The average Bonchev–Trinajstić information content (AvgIpc) is 3.58. The molecule has 0 N–H and O–H groups in total. The van der Waals surface area contributed by atoms with E-state index < -0.39 is 0 Å². The number of benzene rings is 4. The molecule has 0 unspecified atom stereocenters. The minimum atomic E-state index is -0.160. The van der Waals surface area contributed by atoms with Gasteiger partial charge in [-0.3, -0.25) is 4.68 Å². The van der Waals surface area contributed by atoms with Crippen molar-refractivity contribution < 1.29 is 25.8 Å². The number of fused-ring (bicyclic) bond motifs is 3. The van der Waals surface area contributed by atoms with Crippen molar-refractivity contribution in [2.75, 3.05) is 0 Å². The van der Waals surface area contributed by atoms with E-state index in [9.17, 15) is 0 Å². The zero-order valence-corrected chi connectivity index (χ0v) is 28.3. The molecule has 45 heavy (non-hydrogen) atoms. The molecule has 0 saturated heterocycles. The molecule has 0 aliphatic rings. The van der Waals surface area contributed by atoms with Crippen LogP contribution in [0.5, 0.6) is 11.5 Å². The van der Waals surface area contributed by atoms with Crippen LogP contribution in [0.4, 0.5) is 0 Å². The molecule has 0 bridgehead atoms. The van der Waals surface area contributed by atoms with Gasteiger partial charge in [-0.15, -0.1) is 35.7 Å². The second-order valence-corrected chi connectivity index (χ2v) is 12.2. The topological polar surface area (TPSA) is 44.9 Å². The number of para-hydroxylation sites is 1. The molecule has 226 valence electrons. The monoisotopic (exact) mass is 769 g/mol. The second kappa shape index (κ2) is 12.1. The van der Waals surface area contributed by atoms with Gasteiger partial charge in [0.25, 0.3) is 0 Å². The maximum absolute atomic E-state index is 6.45. The summed E-state index contributed by atoms with van der Waals surface area (Å²) in [7, 11) is 0. The summed E-state index contributed by atoms with van der Waals surface area (Å²) in [6.07, 6.45) is 2.68. The van der Waals surface area contributed by atoms with E-state index in [4.69, 9.17) is 14.8 Å². The van der Waals surface area contributed by atoms with Crippen molar-refractivity contribution in [1.82, 2.24) is 19.3 Å². The third-order valence-electron chi connectivity index (χ3n) is 7.95. The fraction of sp³-hybridized carbons (Fsp3) is 0.179. The summed E-state index contributed by atoms with van der Waals surface area (Å²) in [6.45, 7) is 10.9. The normalized spacial score (nSPS) is 11.6. The zero-order chi connectivity index (χ0) is 30.4. The Morgan fingerprint density at radius 1 is 0.800 bits per heavy atom. The van der Waals surface area contributed by atoms with Crippen molar-refractivity contribution in [3.8, 4) is 34.1 Å². The minimum absolute atomic E-state index is 0. The van der Waals surface area contributed by atoms with Crippen LogP contribution >= 0.6 is 0 Å². The number of nitrogens with zero attached hydrogens (tertiary/aromatic N) is 4. The van der Waals surface area contributed by atoms with E-state index in [-0.39, 0.29) is 26.5 Å². The molecule has 7 aromatic rings. The van der Waals surface area contributed by atoms with Gasteiger partial charge >= 0.3 is 21.1 Å². The van der Waals surface area contributed by atoms with Crippen molar-refractivity contribution in [2.45, 2.75) is 46.5 Å². The van der Waals surface area contributed by atoms with Crippen LogP contribution in [0.2, 0.25) is 0 Å². The van der Waals surface area contributed by atoms with Crippen LogP contribution in [-0.2, 0) is 32.9 Å². The van der Waals surface area contributed by atoms with Gasteiger partial charge in [-0.05, 0) is 53.7 Å². The summed E-state index contributed by atoms with van der Waals surface area (Å²) >= 11 is 0. The van der Waals surface area contributed by atoms with Crippen LogP contribution in [0.25, 0.3) is 44.4 Å². The summed E-state index contributed by atoms with van der Waals surface area (Å²) in [5.41, 5.74) is 8.40. The van der Waals surface area contributed by atoms with Crippen LogP contribution in [-0.4, -0.2) is 19.3 Å². The quantitative estimate of drug-likeness (QED) is 0.158. The van der Waals surface area contributed by atoms with Gasteiger partial charge < -0.3 is 9.30 Å². The first-order valence-electron chi connectivity index (χ1n) is 15.1. The molecule has 0 aliphatic carbocycles. The van der Waals surface area contributed by atoms with Gasteiger partial charge in [-0.2, -0.15) is 17.2 Å². The van der Waals surface area contributed by atoms with E-state index >= 15 is 0 Å². The van der Waals surface area contributed by atoms with Crippen LogP contribution in [0.15, 0.2) is 103 Å². The van der Waals surface area contributed by atoms with Crippen molar-refractivity contribution in [2.24, 2.45) is 0 Å². The Hall–Kier alpha value is -4.47. The Kier molecular flexibility index (Phi) is 8.24. The van der Waals surface area contributed by atoms with Crippen molar-refractivity contribution in [3.05, 3.63) is 132 Å². The van der Waals surface area contributed by atoms with Gasteiger partial charge in [-0.25, -0.2) is 4.98 Å². The molecule has 5 nitrogen and oxygen atoms in total. The number of hydrogen-bond acceptors (Lipinski definition) is 3. The van der Waals surface area contributed by atoms with Gasteiger partial charge in [0, 0.05) is 34.2 Å². The van der Waals surface area contributed by atoms with Crippen LogP contribution in [0.1, 0.15) is 44.6 Å². The first-order chi connectivity index (χ1) is 21.3. The molecule has 0 aliphatic heterocycles. The van der Waals surface area contributed by atoms with Gasteiger partial charge in [0.15, 0.2) is 0 Å². The van der Waals surface area contributed by atoms with E-state index in [0.29, 0.717) is 11.5 Å². The molecule has 6 heteroatoms. The molecular weight excluding hydrogens is 736 g/mol. The van der Waals surface area contributed by atoms with Gasteiger partial charge in [0.2, 0.25) is 0 Å². The molecule has 3 aromatic heterocycles. The Bertz CT molecular complexity index is 2140. The summed E-state index contributed by atoms with van der Waals surface area (Å²) in [4.78, 5) is 4.69. The fourth-order valence-electron chi connectivity index (χ4n) is 6.04. The first-order valence-corrected chi connectivity index (χ1v) is 15.1. The van der Waals surface area contributed by atoms with Gasteiger partial charge in [0.05, 0.1) is 11.4 Å². The summed E-state index contributed by atoms with van der Waals surface area (Å²) in [5, 5.41) is 7.37. The number of aryl methyl sites for hydroxylation is 2. The van der Waals surface area contributed by atoms with Crippen LogP contribution in [0, 0.1) is 19.1 Å². The molecule has 0 radical (unpaired) electrons. The minimum Gasteiger partial charge on any atom is -0.509 e. The van der Waals surface area contributed by atoms with Crippen molar-refractivity contribution in [3.63, 3.8) is 0 Å². The van der Waals surface area contributed by atoms with Gasteiger partial charge in [0.1, 0.15) is 5.82 Å². The molecular formula is C39H34N4OPt. The number of hydrogen-bond donors (Lipinski definition) is 0. The summed E-state index contributed by atoms with van der Waals surface area (Å²) in [5.74, 6) is 2.06. The van der Waals surface area contributed by atoms with Crippen LogP contribution in [0.3, 0.4) is 0 Å². The van der Waals surface area contributed by atoms with Crippen LogP contribution < -0.4 is 4.74 Å². The predicted octanol–water partition coefficient (Wildman–Crippen LogP) is 9.59. The fourth-order valence-corrected chi connectivity index (χ4v) is 6.04. The third-order valence-corrected chi connectivity index (χ3v) is 7.95. The first kappa shape index (κ1) is 30.6. The summed E-state index contributed by atoms with van der Waals surface area (Å²) < 4.78 is 10.6. The largest absolute Gasteiger partial charge is 2.00 e. The van der Waals surface area contributed by atoms with Crippen molar-refractivity contribution in [1.29, 1.82) is 0 Å². The maximum atomic E-state index is 6.45. The Morgan fingerprint density at radius 3 is 2.31 bits per heavy atom. The summed E-state index contributed by atoms with van der Waals surface area (Å²) in [6, 6.07) is 40.1. The number of rotatable bonds is 6. The van der Waals surface area contributed by atoms with E-state index in [1.54, 1.807) is 0 Å². The standard InChI is InChI=1S/C39H34N4O.Pt/c1-6-33-37(27-13-8-7-9-14-27)38(39(3,4)5)43(41-33)28-15-12-16-29(24-28)44-30-19-20-32-31-17-10-11-18-34(31)42(35(32)25-30)36-23-26(2)21-22-40-36;/h7-23H,6H2,1-5H3;/q-2;+2. The number of ether oxygens (including phenoxy) is 1. The number of pyridine rings is 1. The second-order valence-electron chi connectivity index (χ2n) is 12.2. The molecule has 0 spiro atoms. The van der Waals surface area contributed by atoms with Gasteiger partial charge in [-0.1, -0.05) is 81.7 Å². The smallest absolute Gasteiger partial charge is 0.509 e. The molecule has 0 fully saturated rings. The average molecular weight is 770 g/mol. The van der Waals surface area contributed by atoms with Crippen molar-refractivity contribution >= 4 is 21.8 Å². The molecule has 0 atom stereocenters. The SMILES string of the molecule is CCc1nn(-c2[c-]c(Oc3[c-]c4c(cc3)c3ccccc3n4-c3cc(C)ccn3)ccc2)c(C(C)(C)C)c1-c1ccccc1.[Pt+2]. The third kappa shape index (κ3) is 5.62. The molecule has 3 heterocycles. The zero-order valence-electron chi connectivity index (χ0n) is 26.0. The molecule has 0 amide bonds. The Morgan fingerprint density at radius 2 is 1.56 bits per heavy atom. The predicted molar refractivity (Wildman–Crippen MR) is 178 cm³/mol. The molecule has 7 rings (SSSR count). The Labute approximate surface area is 278 Å². The van der Waals surface area contributed by atoms with E-state index in [2.05, 4.69) is 118 Å². The maximum Gasteiger partial charge on any atom is 2.00 e. The van der Waals surface area contributed by atoms with E-state index in [1.165, 1.54) is 11.1 Å². The molecule has 4 aromatic carbocycles. The molecule has 0 saturated carbocycles. The number of aromatic nitrogens is 4. The van der Waals surface area contributed by atoms with E-state index in [0.717, 1.165) is 56.7 Å². The Balaban J connectivity index is 0.00000357. The van der Waals surface area contributed by atoms with E-state index in [1.807, 2.05) is 41.2 Å².